The first-order valence-corrected chi connectivity index (χ1v) is 5.95. The van der Waals surface area contributed by atoms with Crippen molar-refractivity contribution in [2.45, 2.75) is 5.16 Å². The number of nitrogens with one attached hydrogen (secondary N) is 1. The van der Waals surface area contributed by atoms with Gasteiger partial charge in [-0.1, -0.05) is 11.8 Å². The van der Waals surface area contributed by atoms with Gasteiger partial charge in [-0.2, -0.15) is 0 Å². The Kier molecular flexibility index (Phi) is 5.49. The first-order chi connectivity index (χ1) is 8.22. The Morgan fingerprint density at radius 3 is 2.89 bits per heavy atom. The average Bonchev–Trinajstić information content (AvgIpc) is 2.77. The van der Waals surface area contributed by atoms with E-state index in [2.05, 4.69) is 14.7 Å². The van der Waals surface area contributed by atoms with Crippen LogP contribution in [0.3, 0.4) is 0 Å². The third-order valence-electron chi connectivity index (χ3n) is 2.22. The number of methoxy groups -OCH3 is 2. The maximum absolute atomic E-state index is 11.0. The number of imidazole rings is 1. The van der Waals surface area contributed by atoms with Crippen LogP contribution in [-0.2, 0) is 9.53 Å². The van der Waals surface area contributed by atoms with Crippen LogP contribution in [0.25, 0.3) is 11.0 Å². The van der Waals surface area contributed by atoms with Crippen molar-refractivity contribution in [3.05, 3.63) is 18.2 Å². The largest absolute Gasteiger partial charge is 0.497 e. The van der Waals surface area contributed by atoms with Crippen molar-refractivity contribution < 1.29 is 14.3 Å². The highest BCUT2D eigenvalue weighted by Crippen LogP contribution is 2.22. The van der Waals surface area contributed by atoms with Crippen molar-refractivity contribution in [2.75, 3.05) is 20.0 Å². The molecule has 0 spiro atoms. The lowest BCUT2D eigenvalue weighted by Gasteiger charge is -1.96. The zero-order chi connectivity index (χ0) is 12.3. The fraction of sp³-hybridized carbons (Fsp3) is 0.273. The number of halogens is 1. The minimum atomic E-state index is -0.270. The molecule has 1 heterocycles. The highest BCUT2D eigenvalue weighted by atomic mass is 79.9. The lowest BCUT2D eigenvalue weighted by molar-refractivity contribution is -0.137. The molecule has 0 unspecified atom stereocenters. The minimum Gasteiger partial charge on any atom is -0.497 e. The quantitative estimate of drug-likeness (QED) is 0.688. The van der Waals surface area contributed by atoms with Gasteiger partial charge in [-0.25, -0.2) is 4.98 Å². The lowest BCUT2D eigenvalue weighted by Crippen LogP contribution is -2.02. The van der Waals surface area contributed by atoms with E-state index in [-0.39, 0.29) is 28.7 Å². The van der Waals surface area contributed by atoms with Gasteiger partial charge in [0.25, 0.3) is 0 Å². The fourth-order valence-electron chi connectivity index (χ4n) is 1.35. The van der Waals surface area contributed by atoms with E-state index in [1.807, 2.05) is 18.2 Å². The number of hydrogen-bond acceptors (Lipinski definition) is 5. The zero-order valence-electron chi connectivity index (χ0n) is 9.93. The molecule has 2 aromatic rings. The maximum atomic E-state index is 11.0. The number of nitrogens with zero attached hydrogens (tertiary/aromatic N) is 1. The summed E-state index contributed by atoms with van der Waals surface area (Å²) >= 11 is 1.31. The zero-order valence-corrected chi connectivity index (χ0v) is 12.5. The first kappa shape index (κ1) is 14.8. The van der Waals surface area contributed by atoms with Gasteiger partial charge in [0.1, 0.15) is 5.75 Å². The third-order valence-corrected chi connectivity index (χ3v) is 3.07. The summed E-state index contributed by atoms with van der Waals surface area (Å²) < 4.78 is 9.68. The summed E-state index contributed by atoms with van der Waals surface area (Å²) in [6, 6.07) is 5.58. The minimum absolute atomic E-state index is 0. The standard InChI is InChI=1S/C11H12N2O3S.BrH/c1-15-7-3-4-8-9(5-7)13-11(12-8)17-6-10(14)16-2;/h3-5H,6H2,1-2H3,(H,12,13);1H. The predicted octanol–water partition coefficient (Wildman–Crippen LogP) is 2.41. The Labute approximate surface area is 119 Å². The van der Waals surface area contributed by atoms with E-state index in [4.69, 9.17) is 4.74 Å². The van der Waals surface area contributed by atoms with Crippen LogP contribution in [0.5, 0.6) is 5.75 Å². The van der Waals surface area contributed by atoms with Gasteiger partial charge in [-0.05, 0) is 12.1 Å². The van der Waals surface area contributed by atoms with Gasteiger partial charge < -0.3 is 14.5 Å². The van der Waals surface area contributed by atoms with Gasteiger partial charge in [-0.3, -0.25) is 4.79 Å². The van der Waals surface area contributed by atoms with Gasteiger partial charge in [0.05, 0.1) is 31.0 Å². The number of ether oxygens (including phenoxy) is 2. The first-order valence-electron chi connectivity index (χ1n) is 4.96. The Hall–Kier alpha value is -1.21. The highest BCUT2D eigenvalue weighted by molar-refractivity contribution is 8.93. The second kappa shape index (κ2) is 6.65. The second-order valence-electron chi connectivity index (χ2n) is 3.29. The Morgan fingerprint density at radius 2 is 2.22 bits per heavy atom. The van der Waals surface area contributed by atoms with Crippen molar-refractivity contribution in [1.29, 1.82) is 0 Å². The van der Waals surface area contributed by atoms with Gasteiger partial charge in [0, 0.05) is 6.07 Å². The van der Waals surface area contributed by atoms with Crippen molar-refractivity contribution in [2.24, 2.45) is 0 Å². The molecule has 2 rings (SSSR count). The number of aromatic nitrogens is 2. The van der Waals surface area contributed by atoms with Gasteiger partial charge in [0.15, 0.2) is 5.16 Å². The number of carbonyl (C=O) groups excluding carboxylic acids is 1. The molecule has 0 atom stereocenters. The van der Waals surface area contributed by atoms with E-state index in [0.717, 1.165) is 16.8 Å². The van der Waals surface area contributed by atoms with Crippen molar-refractivity contribution in [3.63, 3.8) is 0 Å². The topological polar surface area (TPSA) is 64.2 Å². The van der Waals surface area contributed by atoms with E-state index in [1.54, 1.807) is 7.11 Å². The molecule has 0 aliphatic heterocycles. The summed E-state index contributed by atoms with van der Waals surface area (Å²) in [4.78, 5) is 18.4. The van der Waals surface area contributed by atoms with Crippen LogP contribution < -0.4 is 4.74 Å². The summed E-state index contributed by atoms with van der Waals surface area (Å²) in [6.07, 6.45) is 0. The van der Waals surface area contributed by atoms with Crippen LogP contribution in [0.2, 0.25) is 0 Å². The molecule has 0 aliphatic carbocycles. The molecular formula is C11H13BrN2O3S. The molecule has 0 amide bonds. The second-order valence-corrected chi connectivity index (χ2v) is 4.25. The number of benzene rings is 1. The monoisotopic (exact) mass is 332 g/mol. The smallest absolute Gasteiger partial charge is 0.316 e. The summed E-state index contributed by atoms with van der Waals surface area (Å²) in [5, 5.41) is 0.693. The van der Waals surface area contributed by atoms with Crippen LogP contribution in [0.4, 0.5) is 0 Å². The Bertz CT molecular complexity index is 544. The van der Waals surface area contributed by atoms with Gasteiger partial charge >= 0.3 is 5.97 Å². The van der Waals surface area contributed by atoms with E-state index in [1.165, 1.54) is 18.9 Å². The molecule has 0 fully saturated rings. The average molecular weight is 333 g/mol. The van der Waals surface area contributed by atoms with E-state index in [9.17, 15) is 4.79 Å². The normalized spacial score (nSPS) is 9.89. The van der Waals surface area contributed by atoms with E-state index < -0.39 is 0 Å². The molecule has 1 N–H and O–H groups in total. The summed E-state index contributed by atoms with van der Waals surface area (Å²) in [5.74, 6) is 0.742. The van der Waals surface area contributed by atoms with Gasteiger partial charge in [-0.15, -0.1) is 17.0 Å². The number of H-pyrrole nitrogens is 1. The Morgan fingerprint density at radius 1 is 1.44 bits per heavy atom. The molecule has 0 aliphatic rings. The van der Waals surface area contributed by atoms with E-state index >= 15 is 0 Å². The molecule has 0 saturated heterocycles. The molecule has 5 nitrogen and oxygen atoms in total. The molecular weight excluding hydrogens is 320 g/mol. The SMILES string of the molecule is Br.COC(=O)CSc1nc2ccc(OC)cc2[nH]1. The number of esters is 1. The molecule has 1 aromatic heterocycles. The van der Waals surface area contributed by atoms with E-state index in [0.29, 0.717) is 5.16 Å². The van der Waals surface area contributed by atoms with Crippen LogP contribution in [-0.4, -0.2) is 35.9 Å². The van der Waals surface area contributed by atoms with Crippen LogP contribution in [0.1, 0.15) is 0 Å². The van der Waals surface area contributed by atoms with Crippen molar-refractivity contribution in [3.8, 4) is 5.75 Å². The number of hydrogen-bond donors (Lipinski definition) is 1. The van der Waals surface area contributed by atoms with Crippen molar-refractivity contribution in [1.82, 2.24) is 9.97 Å². The van der Waals surface area contributed by atoms with Crippen LogP contribution >= 0.6 is 28.7 Å². The molecule has 1 aromatic carbocycles. The molecule has 0 bridgehead atoms. The molecule has 18 heavy (non-hydrogen) atoms. The Balaban J connectivity index is 0.00000162. The molecule has 7 heteroatoms. The predicted molar refractivity (Wildman–Crippen MR) is 75.7 cm³/mol. The van der Waals surface area contributed by atoms with Gasteiger partial charge in [0.2, 0.25) is 0 Å². The summed E-state index contributed by atoms with van der Waals surface area (Å²) in [6.45, 7) is 0. The number of carbonyl (C=O) groups is 1. The summed E-state index contributed by atoms with van der Waals surface area (Å²) in [7, 11) is 2.98. The number of rotatable bonds is 4. The molecule has 0 radical (unpaired) electrons. The maximum Gasteiger partial charge on any atom is 0.316 e. The molecule has 0 saturated carbocycles. The fourth-order valence-corrected chi connectivity index (χ4v) is 2.06. The lowest BCUT2D eigenvalue weighted by atomic mass is 10.3. The number of thioether (sulfide) groups is 1. The number of aromatic amines is 1. The summed E-state index contributed by atoms with van der Waals surface area (Å²) in [5.41, 5.74) is 1.73. The molecule has 98 valence electrons. The van der Waals surface area contributed by atoms with Crippen LogP contribution in [0.15, 0.2) is 23.4 Å². The van der Waals surface area contributed by atoms with Crippen LogP contribution in [0, 0.1) is 0 Å². The number of fused-ring (bicyclic) bond motifs is 1. The third kappa shape index (κ3) is 3.39. The van der Waals surface area contributed by atoms with Crippen molar-refractivity contribution >= 4 is 45.7 Å². The highest BCUT2D eigenvalue weighted by Gasteiger charge is 2.07.